The highest BCUT2D eigenvalue weighted by atomic mass is 19.4. The average Bonchev–Trinajstić information content (AvgIpc) is 2.70. The van der Waals surface area contributed by atoms with Crippen LogP contribution in [0.4, 0.5) is 18.9 Å². The largest absolute Gasteiger partial charge is 0.417 e. The summed E-state index contributed by atoms with van der Waals surface area (Å²) in [6.45, 7) is 0.687. The molecule has 18 heavy (non-hydrogen) atoms. The van der Waals surface area contributed by atoms with Gasteiger partial charge in [0.2, 0.25) is 5.91 Å². The van der Waals surface area contributed by atoms with Crippen molar-refractivity contribution < 1.29 is 18.0 Å². The van der Waals surface area contributed by atoms with Gasteiger partial charge in [-0.15, -0.1) is 0 Å². The molecule has 1 unspecified atom stereocenters. The molecule has 7 heteroatoms. The van der Waals surface area contributed by atoms with E-state index in [0.29, 0.717) is 13.1 Å². The van der Waals surface area contributed by atoms with Gasteiger partial charge in [-0.05, 0) is 18.5 Å². The van der Waals surface area contributed by atoms with E-state index in [-0.39, 0.29) is 23.9 Å². The van der Waals surface area contributed by atoms with Crippen LogP contribution in [0.3, 0.4) is 0 Å². The topological polar surface area (TPSA) is 59.2 Å². The molecule has 1 aliphatic rings. The van der Waals surface area contributed by atoms with Gasteiger partial charge in [0.1, 0.15) is 0 Å². The predicted molar refractivity (Wildman–Crippen MR) is 58.8 cm³/mol. The third kappa shape index (κ3) is 2.45. The van der Waals surface area contributed by atoms with E-state index in [9.17, 15) is 18.0 Å². The Kier molecular flexibility index (Phi) is 3.25. The molecule has 2 rings (SSSR count). The highest BCUT2D eigenvalue weighted by Gasteiger charge is 2.34. The molecule has 0 saturated carbocycles. The number of hydrogen-bond acceptors (Lipinski definition) is 3. The first kappa shape index (κ1) is 12.8. The number of halogens is 3. The summed E-state index contributed by atoms with van der Waals surface area (Å²) < 4.78 is 37.6. The van der Waals surface area contributed by atoms with Gasteiger partial charge < -0.3 is 10.6 Å². The number of pyridine rings is 1. The van der Waals surface area contributed by atoms with Crippen LogP contribution in [0.2, 0.25) is 0 Å². The van der Waals surface area contributed by atoms with Gasteiger partial charge in [0.25, 0.3) is 0 Å². The number of rotatable bonds is 2. The van der Waals surface area contributed by atoms with Crippen molar-refractivity contribution in [2.75, 3.05) is 18.0 Å². The standard InChI is InChI=1S/C11H12F3N3O/c12-11(13,14)8-2-9(5-16-4-8)17-6-7(3-15)1-10(17)18/h2,4-5,7H,1,3,6,15H2. The number of hydrogen-bond donors (Lipinski definition) is 1. The highest BCUT2D eigenvalue weighted by Crippen LogP contribution is 2.32. The highest BCUT2D eigenvalue weighted by molar-refractivity contribution is 5.95. The van der Waals surface area contributed by atoms with Crippen LogP contribution in [0.15, 0.2) is 18.5 Å². The molecule has 1 aromatic rings. The average molecular weight is 259 g/mol. The lowest BCUT2D eigenvalue weighted by Gasteiger charge is -2.17. The molecule has 0 aliphatic carbocycles. The zero-order chi connectivity index (χ0) is 13.3. The Bertz CT molecular complexity index is 461. The third-order valence-electron chi connectivity index (χ3n) is 2.90. The summed E-state index contributed by atoms with van der Waals surface area (Å²) in [4.78, 5) is 16.5. The fraction of sp³-hybridized carbons (Fsp3) is 0.455. The molecule has 2 N–H and O–H groups in total. The molecule has 4 nitrogen and oxygen atoms in total. The minimum Gasteiger partial charge on any atom is -0.330 e. The molecule has 98 valence electrons. The van der Waals surface area contributed by atoms with Crippen molar-refractivity contribution in [1.29, 1.82) is 0 Å². The monoisotopic (exact) mass is 259 g/mol. The second-order valence-corrected chi connectivity index (χ2v) is 4.24. The Morgan fingerprint density at radius 3 is 2.72 bits per heavy atom. The first-order valence-electron chi connectivity index (χ1n) is 5.44. The molecule has 0 bridgehead atoms. The number of amides is 1. The van der Waals surface area contributed by atoms with Crippen LogP contribution < -0.4 is 10.6 Å². The van der Waals surface area contributed by atoms with Crippen LogP contribution in [0, 0.1) is 5.92 Å². The summed E-state index contributed by atoms with van der Waals surface area (Å²) in [5.74, 6) is -0.224. The van der Waals surface area contributed by atoms with Crippen molar-refractivity contribution in [2.45, 2.75) is 12.6 Å². The van der Waals surface area contributed by atoms with Crippen molar-refractivity contribution in [2.24, 2.45) is 11.7 Å². The minimum atomic E-state index is -4.46. The Balaban J connectivity index is 2.27. The van der Waals surface area contributed by atoms with Crippen LogP contribution in [0.5, 0.6) is 0 Å². The molecule has 1 amide bonds. The number of alkyl halides is 3. The quantitative estimate of drug-likeness (QED) is 0.873. The lowest BCUT2D eigenvalue weighted by Crippen LogP contribution is -2.26. The van der Waals surface area contributed by atoms with E-state index in [2.05, 4.69) is 4.98 Å². The van der Waals surface area contributed by atoms with E-state index < -0.39 is 11.7 Å². The van der Waals surface area contributed by atoms with Gasteiger partial charge in [-0.2, -0.15) is 13.2 Å². The van der Waals surface area contributed by atoms with Gasteiger partial charge in [0, 0.05) is 19.2 Å². The SMILES string of the molecule is NCC1CC(=O)N(c2cncc(C(F)(F)F)c2)C1. The second kappa shape index (κ2) is 4.56. The van der Waals surface area contributed by atoms with E-state index in [0.717, 1.165) is 12.3 Å². The molecule has 0 aromatic carbocycles. The van der Waals surface area contributed by atoms with Crippen molar-refractivity contribution in [1.82, 2.24) is 4.98 Å². The van der Waals surface area contributed by atoms with E-state index >= 15 is 0 Å². The Hall–Kier alpha value is -1.63. The molecule has 1 aromatic heterocycles. The Morgan fingerprint density at radius 1 is 1.44 bits per heavy atom. The number of aromatic nitrogens is 1. The van der Waals surface area contributed by atoms with Crippen LogP contribution in [0.25, 0.3) is 0 Å². The molecule has 1 saturated heterocycles. The number of carbonyl (C=O) groups excluding carboxylic acids is 1. The predicted octanol–water partition coefficient (Wildman–Crippen LogP) is 1.41. The first-order valence-corrected chi connectivity index (χ1v) is 5.44. The summed E-state index contributed by atoms with van der Waals surface area (Å²) >= 11 is 0. The van der Waals surface area contributed by atoms with Crippen molar-refractivity contribution in [3.8, 4) is 0 Å². The van der Waals surface area contributed by atoms with Crippen LogP contribution in [-0.4, -0.2) is 24.0 Å². The first-order chi connectivity index (χ1) is 8.41. The van der Waals surface area contributed by atoms with Crippen molar-refractivity contribution in [3.05, 3.63) is 24.0 Å². The van der Waals surface area contributed by atoms with Crippen molar-refractivity contribution >= 4 is 11.6 Å². The summed E-state index contributed by atoms with van der Waals surface area (Å²) in [7, 11) is 0. The Morgan fingerprint density at radius 2 is 2.17 bits per heavy atom. The fourth-order valence-electron chi connectivity index (χ4n) is 1.92. The molecule has 1 atom stereocenters. The van der Waals surface area contributed by atoms with Gasteiger partial charge >= 0.3 is 6.18 Å². The molecular formula is C11H12F3N3O. The van der Waals surface area contributed by atoms with Crippen LogP contribution in [0.1, 0.15) is 12.0 Å². The normalized spacial score (nSPS) is 20.6. The lowest BCUT2D eigenvalue weighted by atomic mass is 10.1. The zero-order valence-electron chi connectivity index (χ0n) is 9.44. The molecule has 0 radical (unpaired) electrons. The minimum absolute atomic E-state index is 0.00737. The number of carbonyl (C=O) groups is 1. The van der Waals surface area contributed by atoms with E-state index in [1.807, 2.05) is 0 Å². The maximum Gasteiger partial charge on any atom is 0.417 e. The maximum atomic E-state index is 12.5. The molecular weight excluding hydrogens is 247 g/mol. The van der Waals surface area contributed by atoms with Gasteiger partial charge in [-0.1, -0.05) is 0 Å². The Labute approximate surface area is 102 Å². The van der Waals surface area contributed by atoms with Crippen LogP contribution >= 0.6 is 0 Å². The lowest BCUT2D eigenvalue weighted by molar-refractivity contribution is -0.137. The fourth-order valence-corrected chi connectivity index (χ4v) is 1.92. The zero-order valence-corrected chi connectivity index (χ0v) is 9.44. The summed E-state index contributed by atoms with van der Waals surface area (Å²) in [5, 5.41) is 0. The second-order valence-electron chi connectivity index (χ2n) is 4.24. The summed E-state index contributed by atoms with van der Waals surface area (Å²) in [5.41, 5.74) is 4.78. The molecule has 1 fully saturated rings. The van der Waals surface area contributed by atoms with Gasteiger partial charge in [0.05, 0.1) is 17.4 Å². The van der Waals surface area contributed by atoms with Gasteiger partial charge in [-0.25, -0.2) is 0 Å². The molecule has 1 aliphatic heterocycles. The molecule has 0 spiro atoms. The summed E-state index contributed by atoms with van der Waals surface area (Å²) in [6, 6.07) is 0.934. The number of anilines is 1. The van der Waals surface area contributed by atoms with Crippen molar-refractivity contribution in [3.63, 3.8) is 0 Å². The van der Waals surface area contributed by atoms with E-state index in [1.165, 1.54) is 11.1 Å². The maximum absolute atomic E-state index is 12.5. The number of nitrogens with two attached hydrogens (primary N) is 1. The van der Waals surface area contributed by atoms with Gasteiger partial charge in [0.15, 0.2) is 0 Å². The molecule has 2 heterocycles. The smallest absolute Gasteiger partial charge is 0.330 e. The van der Waals surface area contributed by atoms with Crippen LogP contribution in [-0.2, 0) is 11.0 Å². The van der Waals surface area contributed by atoms with Gasteiger partial charge in [-0.3, -0.25) is 9.78 Å². The number of nitrogens with zero attached hydrogens (tertiary/aromatic N) is 2. The van der Waals surface area contributed by atoms with E-state index in [1.54, 1.807) is 0 Å². The van der Waals surface area contributed by atoms with E-state index in [4.69, 9.17) is 5.73 Å². The third-order valence-corrected chi connectivity index (χ3v) is 2.90. The summed E-state index contributed by atoms with van der Waals surface area (Å²) in [6.07, 6.45) is -2.19.